The number of rotatable bonds is 4. The van der Waals surface area contributed by atoms with Gasteiger partial charge in [-0.05, 0) is 6.92 Å². The third-order valence-corrected chi connectivity index (χ3v) is 3.18. The Hall–Kier alpha value is -1.31. The van der Waals surface area contributed by atoms with E-state index < -0.39 is 0 Å². The summed E-state index contributed by atoms with van der Waals surface area (Å²) in [5, 5.41) is 7.07. The van der Waals surface area contributed by atoms with Crippen molar-refractivity contribution in [3.63, 3.8) is 0 Å². The Kier molecular flexibility index (Phi) is 3.28. The van der Waals surface area contributed by atoms with Crippen LogP contribution in [-0.4, -0.2) is 19.7 Å². The van der Waals surface area contributed by atoms with E-state index >= 15 is 0 Å². The number of aryl methyl sites for hydroxylation is 2. The molecule has 0 aliphatic rings. The largest absolute Gasteiger partial charge is 0.271 e. The number of nitrogens with one attached hydrogen (secondary N) is 1. The van der Waals surface area contributed by atoms with E-state index in [-0.39, 0.29) is 6.04 Å². The van der Waals surface area contributed by atoms with E-state index in [0.29, 0.717) is 6.42 Å². The van der Waals surface area contributed by atoms with Crippen molar-refractivity contribution in [1.29, 1.82) is 0 Å². The number of hydrogen-bond acceptors (Lipinski definition) is 6. The summed E-state index contributed by atoms with van der Waals surface area (Å²) in [6, 6.07) is -0.0205. The molecule has 0 spiro atoms. The van der Waals surface area contributed by atoms with Gasteiger partial charge in [0.2, 0.25) is 0 Å². The van der Waals surface area contributed by atoms with E-state index in [1.54, 1.807) is 16.0 Å². The maximum atomic E-state index is 5.54. The fourth-order valence-corrected chi connectivity index (χ4v) is 2.14. The topological polar surface area (TPSA) is 81.7 Å². The maximum Gasteiger partial charge on any atom is 0.138 e. The quantitative estimate of drug-likeness (QED) is 0.592. The molecule has 0 saturated carbocycles. The van der Waals surface area contributed by atoms with Gasteiger partial charge >= 0.3 is 0 Å². The minimum atomic E-state index is -0.0205. The molecule has 2 aromatic rings. The summed E-state index contributed by atoms with van der Waals surface area (Å²) >= 11 is 1.62. The van der Waals surface area contributed by atoms with Gasteiger partial charge in [0.25, 0.3) is 0 Å². The molecule has 2 aromatic heterocycles. The van der Waals surface area contributed by atoms with E-state index in [0.717, 1.165) is 16.5 Å². The Morgan fingerprint density at radius 1 is 1.62 bits per heavy atom. The number of nitrogens with zero attached hydrogens (tertiary/aromatic N) is 4. The van der Waals surface area contributed by atoms with Crippen LogP contribution < -0.4 is 11.3 Å². The fraction of sp³-hybridized carbons (Fsp3) is 0.444. The van der Waals surface area contributed by atoms with Crippen LogP contribution >= 0.6 is 11.3 Å². The van der Waals surface area contributed by atoms with Crippen molar-refractivity contribution in [3.05, 3.63) is 28.2 Å². The Labute approximate surface area is 97.5 Å². The summed E-state index contributed by atoms with van der Waals surface area (Å²) in [4.78, 5) is 8.58. The zero-order valence-corrected chi connectivity index (χ0v) is 10.0. The number of nitrogens with two attached hydrogens (primary N) is 1. The van der Waals surface area contributed by atoms with E-state index in [2.05, 4.69) is 20.5 Å². The predicted molar refractivity (Wildman–Crippen MR) is 61.6 cm³/mol. The first-order chi connectivity index (χ1) is 7.70. The Bertz CT molecular complexity index is 462. The van der Waals surface area contributed by atoms with Crippen molar-refractivity contribution in [3.8, 4) is 0 Å². The van der Waals surface area contributed by atoms with Crippen LogP contribution in [0.1, 0.15) is 22.6 Å². The van der Waals surface area contributed by atoms with Crippen LogP contribution in [-0.2, 0) is 13.5 Å². The number of aromatic nitrogens is 4. The molecule has 7 heteroatoms. The second-order valence-electron chi connectivity index (χ2n) is 3.51. The average Bonchev–Trinajstić information content (AvgIpc) is 2.85. The molecule has 6 nitrogen and oxygen atoms in total. The SMILES string of the molecule is Cc1nc(C(Cc2ncnn2C)NN)cs1. The second kappa shape index (κ2) is 4.69. The van der Waals surface area contributed by atoms with Crippen molar-refractivity contribution >= 4 is 11.3 Å². The van der Waals surface area contributed by atoms with Gasteiger partial charge in [-0.1, -0.05) is 0 Å². The van der Waals surface area contributed by atoms with Crippen LogP contribution in [0.15, 0.2) is 11.7 Å². The smallest absolute Gasteiger partial charge is 0.138 e. The summed E-state index contributed by atoms with van der Waals surface area (Å²) in [6.45, 7) is 1.98. The van der Waals surface area contributed by atoms with Gasteiger partial charge in [0.05, 0.1) is 16.7 Å². The van der Waals surface area contributed by atoms with Gasteiger partial charge in [0, 0.05) is 18.8 Å². The van der Waals surface area contributed by atoms with Crippen LogP contribution in [0, 0.1) is 6.92 Å². The van der Waals surface area contributed by atoms with Crippen LogP contribution in [0.25, 0.3) is 0 Å². The highest BCUT2D eigenvalue weighted by Crippen LogP contribution is 2.18. The first-order valence-electron chi connectivity index (χ1n) is 4.91. The van der Waals surface area contributed by atoms with Crippen molar-refractivity contribution in [1.82, 2.24) is 25.2 Å². The lowest BCUT2D eigenvalue weighted by Crippen LogP contribution is -2.30. The summed E-state index contributed by atoms with van der Waals surface area (Å²) in [5.74, 6) is 6.42. The Morgan fingerprint density at radius 3 is 2.94 bits per heavy atom. The molecule has 0 aliphatic carbocycles. The van der Waals surface area contributed by atoms with E-state index in [1.807, 2.05) is 19.4 Å². The van der Waals surface area contributed by atoms with Gasteiger partial charge in [0.1, 0.15) is 12.2 Å². The maximum absolute atomic E-state index is 5.54. The molecule has 0 aromatic carbocycles. The molecule has 0 saturated heterocycles. The average molecular weight is 238 g/mol. The van der Waals surface area contributed by atoms with E-state index in [9.17, 15) is 0 Å². The van der Waals surface area contributed by atoms with Crippen molar-refractivity contribution in [2.24, 2.45) is 12.9 Å². The Morgan fingerprint density at radius 2 is 2.44 bits per heavy atom. The summed E-state index contributed by atoms with van der Waals surface area (Å²) < 4.78 is 1.74. The van der Waals surface area contributed by atoms with Gasteiger partial charge in [-0.3, -0.25) is 16.0 Å². The molecule has 0 amide bonds. The van der Waals surface area contributed by atoms with Crippen LogP contribution in [0.4, 0.5) is 0 Å². The van der Waals surface area contributed by atoms with Gasteiger partial charge in [-0.2, -0.15) is 5.10 Å². The van der Waals surface area contributed by atoms with Crippen molar-refractivity contribution in [2.45, 2.75) is 19.4 Å². The molecule has 2 heterocycles. The lowest BCUT2D eigenvalue weighted by molar-refractivity contribution is 0.513. The number of hydrogen-bond donors (Lipinski definition) is 2. The molecular formula is C9H14N6S. The molecule has 1 unspecified atom stereocenters. The van der Waals surface area contributed by atoms with Gasteiger partial charge < -0.3 is 0 Å². The lowest BCUT2D eigenvalue weighted by atomic mass is 10.1. The highest BCUT2D eigenvalue weighted by Gasteiger charge is 2.16. The fourth-order valence-electron chi connectivity index (χ4n) is 1.48. The number of thiazole rings is 1. The zero-order valence-electron chi connectivity index (χ0n) is 9.21. The molecule has 0 bridgehead atoms. The van der Waals surface area contributed by atoms with Crippen LogP contribution in [0.2, 0.25) is 0 Å². The molecule has 16 heavy (non-hydrogen) atoms. The van der Waals surface area contributed by atoms with Crippen molar-refractivity contribution in [2.75, 3.05) is 0 Å². The van der Waals surface area contributed by atoms with Gasteiger partial charge in [-0.15, -0.1) is 11.3 Å². The second-order valence-corrected chi connectivity index (χ2v) is 4.58. The number of hydrazine groups is 1. The molecular weight excluding hydrogens is 224 g/mol. The molecule has 1 atom stereocenters. The third kappa shape index (κ3) is 2.26. The molecule has 0 fully saturated rings. The standard InChI is InChI=1S/C9H14N6S/c1-6-13-8(4-16-6)7(14-10)3-9-11-5-12-15(9)2/h4-5,7,14H,3,10H2,1-2H3. The van der Waals surface area contributed by atoms with Crippen molar-refractivity contribution < 1.29 is 0 Å². The molecule has 0 aliphatic heterocycles. The van der Waals surface area contributed by atoms with E-state index in [4.69, 9.17) is 5.84 Å². The minimum Gasteiger partial charge on any atom is -0.271 e. The third-order valence-electron chi connectivity index (χ3n) is 2.39. The first-order valence-corrected chi connectivity index (χ1v) is 5.79. The van der Waals surface area contributed by atoms with E-state index in [1.165, 1.54) is 6.33 Å². The molecule has 3 N–H and O–H groups in total. The highest BCUT2D eigenvalue weighted by atomic mass is 32.1. The van der Waals surface area contributed by atoms with Crippen LogP contribution in [0.5, 0.6) is 0 Å². The highest BCUT2D eigenvalue weighted by molar-refractivity contribution is 7.09. The normalized spacial score (nSPS) is 12.9. The van der Waals surface area contributed by atoms with Crippen LogP contribution in [0.3, 0.4) is 0 Å². The molecule has 2 rings (SSSR count). The summed E-state index contributed by atoms with van der Waals surface area (Å²) in [5.41, 5.74) is 3.71. The van der Waals surface area contributed by atoms with Gasteiger partial charge in [0.15, 0.2) is 0 Å². The summed E-state index contributed by atoms with van der Waals surface area (Å²) in [6.07, 6.45) is 2.21. The first kappa shape index (κ1) is 11.2. The molecule has 86 valence electrons. The predicted octanol–water partition coefficient (Wildman–Crippen LogP) is 0.327. The Balaban J connectivity index is 2.15. The summed E-state index contributed by atoms with van der Waals surface area (Å²) in [7, 11) is 1.86. The lowest BCUT2D eigenvalue weighted by Gasteiger charge is -2.12. The molecule has 0 radical (unpaired) electrons. The zero-order chi connectivity index (χ0) is 11.5. The minimum absolute atomic E-state index is 0.0205. The monoisotopic (exact) mass is 238 g/mol. The van der Waals surface area contributed by atoms with Gasteiger partial charge in [-0.25, -0.2) is 9.97 Å².